The normalized spacial score (nSPS) is 13.8. The van der Waals surface area contributed by atoms with E-state index in [1.54, 1.807) is 0 Å². The molecule has 0 aliphatic carbocycles. The van der Waals surface area contributed by atoms with Gasteiger partial charge in [-0.05, 0) is 37.3 Å². The number of nitrogens with two attached hydrogens (primary N) is 1. The third-order valence-corrected chi connectivity index (χ3v) is 3.16. The zero-order valence-corrected chi connectivity index (χ0v) is 12.1. The molecule has 4 nitrogen and oxygen atoms in total. The molecule has 0 radical (unpaired) electrons. The Morgan fingerprint density at radius 3 is 2.68 bits per heavy atom. The zero-order valence-electron chi connectivity index (χ0n) is 12.1. The van der Waals surface area contributed by atoms with Gasteiger partial charge >= 0.3 is 0 Å². The molecule has 4 heteroatoms. The molecule has 0 saturated heterocycles. The summed E-state index contributed by atoms with van der Waals surface area (Å²) >= 11 is 0. The standard InChI is InChI=1S/C15H25N3O/c1-11(2)7-8-12(3)17-10-13-5-4-6-14(9-13)15(16)18-19/h4-6,9,11-12,17,19H,7-8,10H2,1-3H3,(H2,16,18). The van der Waals surface area contributed by atoms with Gasteiger partial charge in [-0.3, -0.25) is 0 Å². The Morgan fingerprint density at radius 1 is 1.32 bits per heavy atom. The number of hydrogen-bond donors (Lipinski definition) is 3. The van der Waals surface area contributed by atoms with Gasteiger partial charge in [0, 0.05) is 18.2 Å². The SMILES string of the molecule is CC(C)CCC(C)NCc1cccc(C(N)=NO)c1. The van der Waals surface area contributed by atoms with Crippen molar-refractivity contribution in [1.82, 2.24) is 5.32 Å². The van der Waals surface area contributed by atoms with Gasteiger partial charge in [0.1, 0.15) is 0 Å². The summed E-state index contributed by atoms with van der Waals surface area (Å²) in [5.41, 5.74) is 7.47. The topological polar surface area (TPSA) is 70.6 Å². The molecule has 19 heavy (non-hydrogen) atoms. The van der Waals surface area contributed by atoms with Gasteiger partial charge in [-0.25, -0.2) is 0 Å². The van der Waals surface area contributed by atoms with Gasteiger partial charge in [0.15, 0.2) is 5.84 Å². The molecule has 1 unspecified atom stereocenters. The average Bonchev–Trinajstić information content (AvgIpc) is 2.42. The fourth-order valence-corrected chi connectivity index (χ4v) is 1.88. The summed E-state index contributed by atoms with van der Waals surface area (Å²) < 4.78 is 0. The number of oxime groups is 1. The van der Waals surface area contributed by atoms with Crippen LogP contribution in [0.2, 0.25) is 0 Å². The number of hydrogen-bond acceptors (Lipinski definition) is 3. The predicted molar refractivity (Wildman–Crippen MR) is 79.3 cm³/mol. The number of amidine groups is 1. The van der Waals surface area contributed by atoms with Gasteiger partial charge in [0.25, 0.3) is 0 Å². The van der Waals surface area contributed by atoms with Crippen LogP contribution in [0.5, 0.6) is 0 Å². The van der Waals surface area contributed by atoms with E-state index < -0.39 is 0 Å². The van der Waals surface area contributed by atoms with Crippen LogP contribution >= 0.6 is 0 Å². The minimum atomic E-state index is 0.148. The van der Waals surface area contributed by atoms with Crippen LogP contribution in [0, 0.1) is 5.92 Å². The van der Waals surface area contributed by atoms with Gasteiger partial charge in [-0.15, -0.1) is 0 Å². The van der Waals surface area contributed by atoms with Gasteiger partial charge < -0.3 is 16.3 Å². The Labute approximate surface area is 115 Å². The maximum Gasteiger partial charge on any atom is 0.170 e. The summed E-state index contributed by atoms with van der Waals surface area (Å²) in [5.74, 6) is 0.892. The van der Waals surface area contributed by atoms with E-state index in [1.807, 2.05) is 24.3 Å². The molecule has 106 valence electrons. The Balaban J connectivity index is 2.49. The van der Waals surface area contributed by atoms with Gasteiger partial charge in [0.2, 0.25) is 0 Å². The van der Waals surface area contributed by atoms with Crippen molar-refractivity contribution in [2.24, 2.45) is 16.8 Å². The van der Waals surface area contributed by atoms with Crippen LogP contribution in [-0.4, -0.2) is 17.1 Å². The molecule has 0 aliphatic heterocycles. The van der Waals surface area contributed by atoms with E-state index in [-0.39, 0.29) is 5.84 Å². The van der Waals surface area contributed by atoms with Crippen LogP contribution < -0.4 is 11.1 Å². The van der Waals surface area contributed by atoms with E-state index >= 15 is 0 Å². The van der Waals surface area contributed by atoms with Crippen molar-refractivity contribution in [3.8, 4) is 0 Å². The van der Waals surface area contributed by atoms with Crippen molar-refractivity contribution in [2.45, 2.75) is 46.2 Å². The largest absolute Gasteiger partial charge is 0.409 e. The van der Waals surface area contributed by atoms with E-state index in [1.165, 1.54) is 12.8 Å². The number of benzene rings is 1. The number of nitrogens with one attached hydrogen (secondary N) is 1. The molecule has 0 heterocycles. The molecule has 1 aromatic rings. The van der Waals surface area contributed by atoms with Crippen molar-refractivity contribution in [3.05, 3.63) is 35.4 Å². The number of rotatable bonds is 7. The van der Waals surface area contributed by atoms with Crippen molar-refractivity contribution in [2.75, 3.05) is 0 Å². The van der Waals surface area contributed by atoms with E-state index in [4.69, 9.17) is 10.9 Å². The highest BCUT2D eigenvalue weighted by Gasteiger charge is 2.05. The third kappa shape index (κ3) is 5.75. The van der Waals surface area contributed by atoms with Crippen molar-refractivity contribution < 1.29 is 5.21 Å². The maximum absolute atomic E-state index is 8.67. The van der Waals surface area contributed by atoms with Crippen LogP contribution in [0.1, 0.15) is 44.7 Å². The molecular weight excluding hydrogens is 238 g/mol. The average molecular weight is 263 g/mol. The van der Waals surface area contributed by atoms with Crippen LogP contribution in [0.15, 0.2) is 29.4 Å². The van der Waals surface area contributed by atoms with E-state index in [9.17, 15) is 0 Å². The molecule has 0 aromatic heterocycles. The minimum Gasteiger partial charge on any atom is -0.409 e. The van der Waals surface area contributed by atoms with Crippen LogP contribution in [0.25, 0.3) is 0 Å². The molecule has 0 spiro atoms. The smallest absolute Gasteiger partial charge is 0.170 e. The highest BCUT2D eigenvalue weighted by atomic mass is 16.4. The zero-order chi connectivity index (χ0) is 14.3. The van der Waals surface area contributed by atoms with Crippen molar-refractivity contribution in [1.29, 1.82) is 0 Å². The van der Waals surface area contributed by atoms with Crippen LogP contribution in [0.3, 0.4) is 0 Å². The fraction of sp³-hybridized carbons (Fsp3) is 0.533. The first-order chi connectivity index (χ1) is 9.02. The van der Waals surface area contributed by atoms with Gasteiger partial charge in [-0.1, -0.05) is 37.2 Å². The molecular formula is C15H25N3O. The van der Waals surface area contributed by atoms with Crippen LogP contribution in [0.4, 0.5) is 0 Å². The summed E-state index contributed by atoms with van der Waals surface area (Å²) in [6.07, 6.45) is 2.41. The number of nitrogens with zero attached hydrogens (tertiary/aromatic N) is 1. The molecule has 0 bridgehead atoms. The minimum absolute atomic E-state index is 0.148. The quantitative estimate of drug-likeness (QED) is 0.306. The van der Waals surface area contributed by atoms with Crippen molar-refractivity contribution >= 4 is 5.84 Å². The lowest BCUT2D eigenvalue weighted by molar-refractivity contribution is 0.318. The molecule has 4 N–H and O–H groups in total. The monoisotopic (exact) mass is 263 g/mol. The first-order valence-corrected chi connectivity index (χ1v) is 6.83. The second kappa shape index (κ2) is 7.79. The highest BCUT2D eigenvalue weighted by Crippen LogP contribution is 2.08. The molecule has 1 rings (SSSR count). The first-order valence-electron chi connectivity index (χ1n) is 6.83. The first kappa shape index (κ1) is 15.5. The second-order valence-corrected chi connectivity index (χ2v) is 5.44. The summed E-state index contributed by atoms with van der Waals surface area (Å²) in [5, 5.41) is 15.2. The lowest BCUT2D eigenvalue weighted by atomic mass is 10.0. The summed E-state index contributed by atoms with van der Waals surface area (Å²) in [6.45, 7) is 7.49. The van der Waals surface area contributed by atoms with E-state index in [2.05, 4.69) is 31.2 Å². The summed E-state index contributed by atoms with van der Waals surface area (Å²) in [7, 11) is 0. The Bertz CT molecular complexity index is 416. The Kier molecular flexibility index (Phi) is 6.36. The highest BCUT2D eigenvalue weighted by molar-refractivity contribution is 5.97. The molecule has 1 atom stereocenters. The molecule has 0 fully saturated rings. The van der Waals surface area contributed by atoms with Crippen LogP contribution in [-0.2, 0) is 6.54 Å². The molecule has 1 aromatic carbocycles. The van der Waals surface area contributed by atoms with Gasteiger partial charge in [0.05, 0.1) is 0 Å². The van der Waals surface area contributed by atoms with Crippen molar-refractivity contribution in [3.63, 3.8) is 0 Å². The lowest BCUT2D eigenvalue weighted by Crippen LogP contribution is -2.26. The van der Waals surface area contributed by atoms with Gasteiger partial charge in [-0.2, -0.15) is 0 Å². The summed E-state index contributed by atoms with van der Waals surface area (Å²) in [4.78, 5) is 0. The van der Waals surface area contributed by atoms with E-state index in [0.717, 1.165) is 23.6 Å². The third-order valence-electron chi connectivity index (χ3n) is 3.16. The fourth-order valence-electron chi connectivity index (χ4n) is 1.88. The Morgan fingerprint density at radius 2 is 2.05 bits per heavy atom. The maximum atomic E-state index is 8.67. The summed E-state index contributed by atoms with van der Waals surface area (Å²) in [6, 6.07) is 8.23. The molecule has 0 aliphatic rings. The second-order valence-electron chi connectivity index (χ2n) is 5.44. The molecule has 0 amide bonds. The lowest BCUT2D eigenvalue weighted by Gasteiger charge is -2.15. The Hall–Kier alpha value is -1.55. The molecule has 0 saturated carbocycles. The predicted octanol–water partition coefficient (Wildman–Crippen LogP) is 2.70. The van der Waals surface area contributed by atoms with E-state index in [0.29, 0.717) is 6.04 Å².